The van der Waals surface area contributed by atoms with Gasteiger partial charge in [0.25, 0.3) is 5.91 Å². The zero-order chi connectivity index (χ0) is 14.7. The SMILES string of the molecule is CSN(C)C(=O)c1ccc(C)c(C2=CCCC(C)=N2)c1. The van der Waals surface area contributed by atoms with Crippen molar-refractivity contribution < 1.29 is 4.79 Å². The van der Waals surface area contributed by atoms with E-state index in [1.165, 1.54) is 11.9 Å². The standard InChI is InChI=1S/C16H20N2OS/c1-11-8-9-13(16(19)18(3)20-4)10-14(11)15-7-5-6-12(2)17-15/h7-10H,5-6H2,1-4H3. The highest BCUT2D eigenvalue weighted by Crippen LogP contribution is 2.26. The summed E-state index contributed by atoms with van der Waals surface area (Å²) in [6.07, 6.45) is 6.09. The molecular weight excluding hydrogens is 268 g/mol. The second kappa shape index (κ2) is 6.27. The van der Waals surface area contributed by atoms with Crippen molar-refractivity contribution in [2.45, 2.75) is 26.7 Å². The van der Waals surface area contributed by atoms with Gasteiger partial charge in [-0.05, 0) is 44.4 Å². The van der Waals surface area contributed by atoms with Crippen LogP contribution in [0.25, 0.3) is 5.70 Å². The van der Waals surface area contributed by atoms with Gasteiger partial charge in [0.2, 0.25) is 0 Å². The Bertz CT molecular complexity index is 590. The van der Waals surface area contributed by atoms with Crippen LogP contribution in [0.3, 0.4) is 0 Å². The summed E-state index contributed by atoms with van der Waals surface area (Å²) in [7, 11) is 1.79. The predicted octanol–water partition coefficient (Wildman–Crippen LogP) is 3.94. The predicted molar refractivity (Wildman–Crippen MR) is 87.1 cm³/mol. The van der Waals surface area contributed by atoms with E-state index in [0.717, 1.165) is 35.4 Å². The number of benzene rings is 1. The van der Waals surface area contributed by atoms with Crippen LogP contribution in [0.15, 0.2) is 29.3 Å². The first-order valence-corrected chi connectivity index (χ1v) is 7.88. The lowest BCUT2D eigenvalue weighted by molar-refractivity contribution is 0.0892. The van der Waals surface area contributed by atoms with Gasteiger partial charge in [0.05, 0.1) is 5.70 Å². The molecule has 1 heterocycles. The van der Waals surface area contributed by atoms with Crippen LogP contribution in [0, 0.1) is 6.92 Å². The average molecular weight is 288 g/mol. The first-order chi connectivity index (χ1) is 9.52. The lowest BCUT2D eigenvalue weighted by atomic mass is 9.99. The first kappa shape index (κ1) is 14.9. The summed E-state index contributed by atoms with van der Waals surface area (Å²) in [6, 6.07) is 5.84. The van der Waals surface area contributed by atoms with E-state index in [-0.39, 0.29) is 5.91 Å². The van der Waals surface area contributed by atoms with Crippen LogP contribution in [0.2, 0.25) is 0 Å². The van der Waals surface area contributed by atoms with Crippen LogP contribution in [0.5, 0.6) is 0 Å². The summed E-state index contributed by atoms with van der Waals surface area (Å²) in [5.41, 5.74) is 5.07. The first-order valence-electron chi connectivity index (χ1n) is 6.70. The van der Waals surface area contributed by atoms with Gasteiger partial charge < -0.3 is 0 Å². The van der Waals surface area contributed by atoms with Crippen molar-refractivity contribution in [2.75, 3.05) is 13.3 Å². The lowest BCUT2D eigenvalue weighted by Gasteiger charge is -2.16. The minimum atomic E-state index is 0.0239. The van der Waals surface area contributed by atoms with Crippen molar-refractivity contribution in [3.8, 4) is 0 Å². The molecule has 1 aromatic rings. The average Bonchev–Trinajstić information content (AvgIpc) is 2.46. The van der Waals surface area contributed by atoms with E-state index in [1.807, 2.05) is 24.5 Å². The number of amides is 1. The monoisotopic (exact) mass is 288 g/mol. The van der Waals surface area contributed by atoms with Crippen LogP contribution in [0.4, 0.5) is 0 Å². The molecular formula is C16H20N2OS. The Morgan fingerprint density at radius 3 is 2.75 bits per heavy atom. The Hall–Kier alpha value is -1.55. The van der Waals surface area contributed by atoms with Crippen LogP contribution in [-0.4, -0.2) is 29.2 Å². The summed E-state index contributed by atoms with van der Waals surface area (Å²) in [6.45, 7) is 4.11. The van der Waals surface area contributed by atoms with Gasteiger partial charge in [-0.3, -0.25) is 14.1 Å². The molecule has 2 rings (SSSR count). The smallest absolute Gasteiger partial charge is 0.263 e. The van der Waals surface area contributed by atoms with Crippen LogP contribution in [-0.2, 0) is 0 Å². The molecule has 0 fully saturated rings. The number of nitrogens with zero attached hydrogens (tertiary/aromatic N) is 2. The van der Waals surface area contributed by atoms with Gasteiger partial charge in [0, 0.05) is 30.1 Å². The fourth-order valence-electron chi connectivity index (χ4n) is 2.19. The molecule has 1 aliphatic rings. The molecule has 1 aromatic carbocycles. The lowest BCUT2D eigenvalue weighted by Crippen LogP contribution is -2.19. The van der Waals surface area contributed by atoms with Crippen molar-refractivity contribution >= 4 is 29.3 Å². The molecule has 1 amide bonds. The van der Waals surface area contributed by atoms with Crippen molar-refractivity contribution in [2.24, 2.45) is 4.99 Å². The number of carbonyl (C=O) groups excluding carboxylic acids is 1. The van der Waals surface area contributed by atoms with E-state index in [2.05, 4.69) is 24.9 Å². The number of aryl methyl sites for hydroxylation is 1. The molecule has 0 aromatic heterocycles. The van der Waals surface area contributed by atoms with Crippen LogP contribution < -0.4 is 0 Å². The largest absolute Gasteiger partial charge is 0.286 e. The molecule has 4 heteroatoms. The summed E-state index contributed by atoms with van der Waals surface area (Å²) in [5.74, 6) is 0.0239. The van der Waals surface area contributed by atoms with Crippen molar-refractivity contribution in [3.63, 3.8) is 0 Å². The van der Waals surface area contributed by atoms with E-state index in [9.17, 15) is 4.79 Å². The zero-order valence-corrected chi connectivity index (χ0v) is 13.3. The molecule has 0 bridgehead atoms. The molecule has 3 nitrogen and oxygen atoms in total. The maximum absolute atomic E-state index is 12.2. The number of hydrogen-bond acceptors (Lipinski definition) is 3. The fourth-order valence-corrected chi connectivity index (χ4v) is 2.46. The number of hydrogen-bond donors (Lipinski definition) is 0. The quantitative estimate of drug-likeness (QED) is 0.789. The van der Waals surface area contributed by atoms with Crippen LogP contribution in [0.1, 0.15) is 41.3 Å². The molecule has 0 saturated carbocycles. The third kappa shape index (κ3) is 3.12. The number of aliphatic imine (C=N–C) groups is 1. The summed E-state index contributed by atoms with van der Waals surface area (Å²) in [5, 5.41) is 0. The summed E-state index contributed by atoms with van der Waals surface area (Å²) < 4.78 is 1.64. The summed E-state index contributed by atoms with van der Waals surface area (Å²) >= 11 is 1.42. The van der Waals surface area contributed by atoms with E-state index >= 15 is 0 Å². The van der Waals surface area contributed by atoms with Crippen molar-refractivity contribution in [1.82, 2.24) is 4.31 Å². The summed E-state index contributed by atoms with van der Waals surface area (Å²) in [4.78, 5) is 16.9. The highest BCUT2D eigenvalue weighted by molar-refractivity contribution is 7.96. The number of allylic oxidation sites excluding steroid dienone is 1. The second-order valence-corrected chi connectivity index (χ2v) is 5.90. The number of rotatable bonds is 3. The van der Waals surface area contributed by atoms with Gasteiger partial charge >= 0.3 is 0 Å². The molecule has 0 N–H and O–H groups in total. The van der Waals surface area contributed by atoms with E-state index in [0.29, 0.717) is 5.56 Å². The molecule has 0 radical (unpaired) electrons. The fraction of sp³-hybridized carbons (Fsp3) is 0.375. The Balaban J connectivity index is 2.40. The maximum atomic E-state index is 12.2. The Kier molecular flexibility index (Phi) is 4.65. The van der Waals surface area contributed by atoms with Gasteiger partial charge in [0.1, 0.15) is 0 Å². The topological polar surface area (TPSA) is 32.7 Å². The van der Waals surface area contributed by atoms with Gasteiger partial charge in [-0.1, -0.05) is 24.1 Å². The molecule has 0 saturated heterocycles. The molecule has 0 unspecified atom stereocenters. The Morgan fingerprint density at radius 2 is 2.10 bits per heavy atom. The van der Waals surface area contributed by atoms with Crippen LogP contribution >= 0.6 is 11.9 Å². The minimum absolute atomic E-state index is 0.0239. The minimum Gasteiger partial charge on any atom is -0.286 e. The van der Waals surface area contributed by atoms with Crippen molar-refractivity contribution in [3.05, 3.63) is 41.0 Å². The van der Waals surface area contributed by atoms with E-state index < -0.39 is 0 Å². The highest BCUT2D eigenvalue weighted by atomic mass is 32.2. The normalized spacial score (nSPS) is 14.6. The highest BCUT2D eigenvalue weighted by Gasteiger charge is 2.15. The molecule has 1 aliphatic heterocycles. The van der Waals surface area contributed by atoms with Gasteiger partial charge in [-0.15, -0.1) is 0 Å². The third-order valence-corrected chi connectivity index (χ3v) is 4.19. The number of carbonyl (C=O) groups is 1. The third-order valence-electron chi connectivity index (χ3n) is 3.48. The van der Waals surface area contributed by atoms with Gasteiger partial charge in [-0.2, -0.15) is 0 Å². The van der Waals surface area contributed by atoms with Gasteiger partial charge in [-0.25, -0.2) is 0 Å². The molecule has 0 spiro atoms. The maximum Gasteiger partial charge on any atom is 0.263 e. The van der Waals surface area contributed by atoms with Crippen molar-refractivity contribution in [1.29, 1.82) is 0 Å². The van der Waals surface area contributed by atoms with E-state index in [4.69, 9.17) is 0 Å². The molecule has 20 heavy (non-hydrogen) atoms. The second-order valence-electron chi connectivity index (χ2n) is 4.99. The van der Waals surface area contributed by atoms with E-state index in [1.54, 1.807) is 11.4 Å². The Labute approximate surface area is 124 Å². The molecule has 0 aliphatic carbocycles. The van der Waals surface area contributed by atoms with Gasteiger partial charge in [0.15, 0.2) is 0 Å². The molecule has 0 atom stereocenters. The Morgan fingerprint density at radius 1 is 1.35 bits per heavy atom. The molecule has 106 valence electrons. The zero-order valence-electron chi connectivity index (χ0n) is 12.4.